The third kappa shape index (κ3) is 6.23. The summed E-state index contributed by atoms with van der Waals surface area (Å²) in [5, 5.41) is 12.3. The van der Waals surface area contributed by atoms with Crippen molar-refractivity contribution in [2.75, 3.05) is 20.0 Å². The van der Waals surface area contributed by atoms with Crippen LogP contribution < -0.4 is 5.32 Å². The Kier molecular flexibility index (Phi) is 8.59. The van der Waals surface area contributed by atoms with Crippen LogP contribution in [-0.4, -0.2) is 75.5 Å². The lowest BCUT2D eigenvalue weighted by molar-refractivity contribution is -0.141. The first-order valence-electron chi connectivity index (χ1n) is 10.3. The number of carboxylic acid groups (broad SMARTS) is 1. The molecule has 1 aliphatic rings. The second kappa shape index (κ2) is 9.73. The molecule has 8 heteroatoms. The van der Waals surface area contributed by atoms with Gasteiger partial charge in [-0.2, -0.15) is 0 Å². The predicted octanol–water partition coefficient (Wildman–Crippen LogP) is 2.81. The Balaban J connectivity index is 3.19. The molecule has 1 rings (SSSR count). The first-order valence-corrected chi connectivity index (χ1v) is 11.3. The molecule has 1 unspecified atom stereocenters. The molecule has 0 radical (unpaired) electrons. The lowest BCUT2D eigenvalue weighted by Crippen LogP contribution is -2.60. The van der Waals surface area contributed by atoms with Crippen LogP contribution in [0.1, 0.15) is 55.4 Å². The fourth-order valence-electron chi connectivity index (χ4n) is 3.77. The highest BCUT2D eigenvalue weighted by atomic mass is 32.2. The number of rotatable bonds is 7. The monoisotopic (exact) mass is 441 g/mol. The summed E-state index contributed by atoms with van der Waals surface area (Å²) in [5.41, 5.74) is -0.321. The van der Waals surface area contributed by atoms with E-state index >= 15 is 0 Å². The Morgan fingerprint density at radius 1 is 1.27 bits per heavy atom. The van der Waals surface area contributed by atoms with Crippen LogP contribution in [0.25, 0.3) is 0 Å². The number of carbonyl (C=O) groups excluding carboxylic acids is 2. The fraction of sp³-hybridized carbons (Fsp3) is 0.773. The molecule has 30 heavy (non-hydrogen) atoms. The molecule has 0 spiro atoms. The summed E-state index contributed by atoms with van der Waals surface area (Å²) in [6, 6.07) is -1.46. The van der Waals surface area contributed by atoms with Gasteiger partial charge in [-0.05, 0) is 39.2 Å². The number of hydrogen-bond acceptors (Lipinski definition) is 5. The minimum atomic E-state index is -1.01. The highest BCUT2D eigenvalue weighted by Gasteiger charge is 2.46. The number of hydrogen-bond donors (Lipinski definition) is 2. The van der Waals surface area contributed by atoms with Gasteiger partial charge < -0.3 is 15.3 Å². The molecule has 3 atom stereocenters. The van der Waals surface area contributed by atoms with Gasteiger partial charge in [0.05, 0.1) is 6.04 Å². The minimum Gasteiger partial charge on any atom is -0.478 e. The number of amides is 2. The van der Waals surface area contributed by atoms with Gasteiger partial charge in [-0.15, -0.1) is 11.8 Å². The van der Waals surface area contributed by atoms with Gasteiger partial charge in [0, 0.05) is 23.2 Å². The molecule has 0 saturated carbocycles. The van der Waals surface area contributed by atoms with Crippen molar-refractivity contribution in [1.29, 1.82) is 0 Å². The van der Waals surface area contributed by atoms with E-state index in [-0.39, 0.29) is 34.1 Å². The topological polar surface area (TPSA) is 90.0 Å². The van der Waals surface area contributed by atoms with Crippen LogP contribution >= 0.6 is 11.8 Å². The summed E-state index contributed by atoms with van der Waals surface area (Å²) >= 11 is 1.72. The number of nitrogens with zero attached hydrogens (tertiary/aromatic N) is 2. The molecule has 1 aliphatic heterocycles. The average molecular weight is 442 g/mol. The van der Waals surface area contributed by atoms with Crippen LogP contribution in [-0.2, 0) is 14.4 Å². The zero-order valence-corrected chi connectivity index (χ0v) is 20.9. The first-order chi connectivity index (χ1) is 13.5. The molecule has 0 aromatic rings. The summed E-state index contributed by atoms with van der Waals surface area (Å²) in [6.45, 7) is 15.3. The van der Waals surface area contributed by atoms with E-state index in [9.17, 15) is 19.5 Å². The van der Waals surface area contributed by atoms with Gasteiger partial charge in [0.15, 0.2) is 0 Å². The summed E-state index contributed by atoms with van der Waals surface area (Å²) in [5.74, 6) is -0.622. The van der Waals surface area contributed by atoms with Crippen molar-refractivity contribution >= 4 is 29.5 Å². The molecule has 7 nitrogen and oxygen atoms in total. The Labute approximate surface area is 185 Å². The van der Waals surface area contributed by atoms with E-state index in [0.29, 0.717) is 0 Å². The lowest BCUT2D eigenvalue weighted by atomic mass is 9.84. The van der Waals surface area contributed by atoms with Crippen LogP contribution in [0.5, 0.6) is 0 Å². The van der Waals surface area contributed by atoms with Crippen molar-refractivity contribution in [2.45, 2.75) is 78.3 Å². The molecule has 1 heterocycles. The lowest BCUT2D eigenvalue weighted by Gasteiger charge is -2.39. The molecular weight excluding hydrogens is 402 g/mol. The smallest absolute Gasteiger partial charge is 0.331 e. The fourth-order valence-corrected chi connectivity index (χ4v) is 4.90. The van der Waals surface area contributed by atoms with E-state index in [1.165, 1.54) is 6.92 Å². The van der Waals surface area contributed by atoms with Gasteiger partial charge in [-0.25, -0.2) is 4.79 Å². The number of thioether (sulfide) groups is 1. The van der Waals surface area contributed by atoms with E-state index in [4.69, 9.17) is 0 Å². The van der Waals surface area contributed by atoms with Crippen LogP contribution in [0.15, 0.2) is 11.6 Å². The number of likely N-dealkylation sites (N-methyl/N-ethyl adjacent to an activating group) is 2. The Morgan fingerprint density at radius 3 is 2.17 bits per heavy atom. The average Bonchev–Trinajstić information content (AvgIpc) is 2.87. The number of nitrogens with one attached hydrogen (secondary N) is 1. The largest absolute Gasteiger partial charge is 0.478 e. The molecule has 0 aromatic heterocycles. The summed E-state index contributed by atoms with van der Waals surface area (Å²) in [7, 11) is 3.59. The molecular formula is C22H39N3O4S. The molecule has 2 amide bonds. The normalized spacial score (nSPS) is 22.0. The second-order valence-electron chi connectivity index (χ2n) is 10.2. The van der Waals surface area contributed by atoms with Gasteiger partial charge in [-0.3, -0.25) is 14.5 Å². The predicted molar refractivity (Wildman–Crippen MR) is 122 cm³/mol. The van der Waals surface area contributed by atoms with Crippen molar-refractivity contribution in [3.63, 3.8) is 0 Å². The molecule has 1 fully saturated rings. The Hall–Kier alpha value is -1.54. The van der Waals surface area contributed by atoms with Gasteiger partial charge in [0.25, 0.3) is 0 Å². The van der Waals surface area contributed by atoms with Crippen LogP contribution in [0.4, 0.5) is 0 Å². The van der Waals surface area contributed by atoms with Gasteiger partial charge in [0.2, 0.25) is 11.8 Å². The number of carboxylic acids is 1. The molecule has 0 aliphatic carbocycles. The molecule has 172 valence electrons. The minimum absolute atomic E-state index is 0.0147. The third-order valence-electron chi connectivity index (χ3n) is 5.62. The maximum atomic E-state index is 13.5. The van der Waals surface area contributed by atoms with Crippen molar-refractivity contribution in [3.05, 3.63) is 11.6 Å². The van der Waals surface area contributed by atoms with Gasteiger partial charge in [0.1, 0.15) is 12.1 Å². The summed E-state index contributed by atoms with van der Waals surface area (Å²) in [6.07, 6.45) is 1.61. The van der Waals surface area contributed by atoms with E-state index in [2.05, 4.69) is 5.32 Å². The molecule has 2 N–H and O–H groups in total. The highest BCUT2D eigenvalue weighted by molar-refractivity contribution is 8.00. The van der Waals surface area contributed by atoms with E-state index in [1.807, 2.05) is 60.4 Å². The standard InChI is InChI=1S/C22H39N3O4S/c1-13(2)15(11-14(3)20(28)29)25(10)19(27)16(21(4,5)6)23-18(26)17-22(7,8)30-12-24(17)9/h11,13,15-17H,12H2,1-10H3,(H,23,26)(H,28,29)/b14-11+/t15-,16+,17?/m1/s1. The van der Waals surface area contributed by atoms with Crippen LogP contribution in [0.3, 0.4) is 0 Å². The van der Waals surface area contributed by atoms with E-state index < -0.39 is 23.5 Å². The number of carbonyl (C=O) groups is 3. The van der Waals surface area contributed by atoms with Crippen molar-refractivity contribution < 1.29 is 19.5 Å². The summed E-state index contributed by atoms with van der Waals surface area (Å²) < 4.78 is -0.252. The second-order valence-corrected chi connectivity index (χ2v) is 11.8. The van der Waals surface area contributed by atoms with Crippen molar-refractivity contribution in [3.8, 4) is 0 Å². The maximum Gasteiger partial charge on any atom is 0.331 e. The third-order valence-corrected chi connectivity index (χ3v) is 7.13. The van der Waals surface area contributed by atoms with E-state index in [0.717, 1.165) is 5.88 Å². The SMILES string of the molecule is C/C(=C\[C@H](C(C)C)N(C)C(=O)[C@H](NC(=O)C1N(C)CSC1(C)C)C(C)(C)C)C(=O)O. The van der Waals surface area contributed by atoms with Gasteiger partial charge >= 0.3 is 5.97 Å². The van der Waals surface area contributed by atoms with Crippen molar-refractivity contribution in [2.24, 2.45) is 11.3 Å². The first kappa shape index (κ1) is 26.5. The Bertz CT molecular complexity index is 697. The number of aliphatic carboxylic acids is 1. The van der Waals surface area contributed by atoms with Gasteiger partial charge in [-0.1, -0.05) is 40.7 Å². The highest BCUT2D eigenvalue weighted by Crippen LogP contribution is 2.38. The maximum absolute atomic E-state index is 13.5. The van der Waals surface area contributed by atoms with Crippen LogP contribution in [0, 0.1) is 11.3 Å². The van der Waals surface area contributed by atoms with E-state index in [1.54, 1.807) is 29.8 Å². The zero-order chi connectivity index (χ0) is 23.6. The summed E-state index contributed by atoms with van der Waals surface area (Å²) in [4.78, 5) is 41.6. The zero-order valence-electron chi connectivity index (χ0n) is 20.1. The Morgan fingerprint density at radius 2 is 1.80 bits per heavy atom. The van der Waals surface area contributed by atoms with Crippen LogP contribution in [0.2, 0.25) is 0 Å². The molecule has 0 bridgehead atoms. The molecule has 1 saturated heterocycles. The molecule has 0 aromatic carbocycles. The quantitative estimate of drug-likeness (QED) is 0.591. The van der Waals surface area contributed by atoms with Crippen molar-refractivity contribution in [1.82, 2.24) is 15.1 Å².